The molecule has 2 heterocycles. The third kappa shape index (κ3) is 1.09. The Balaban J connectivity index is 2.19. The average molecular weight is 151 g/mol. The van der Waals surface area contributed by atoms with Crippen molar-refractivity contribution >= 4 is 5.70 Å². The standard InChI is InChI=1S/C6H9N5/c1-4-2-3-5(7-4)6-8-10-11-9-6/h3-4,7H,2H2,1H3,(H,8,9,10,11). The molecule has 0 amide bonds. The van der Waals surface area contributed by atoms with Crippen LogP contribution in [-0.2, 0) is 0 Å². The summed E-state index contributed by atoms with van der Waals surface area (Å²) >= 11 is 0. The fourth-order valence-electron chi connectivity index (χ4n) is 1.12. The lowest BCUT2D eigenvalue weighted by molar-refractivity contribution is 0.696. The molecule has 0 aliphatic carbocycles. The minimum Gasteiger partial charge on any atom is -0.379 e. The molecular weight excluding hydrogens is 142 g/mol. The summed E-state index contributed by atoms with van der Waals surface area (Å²) < 4.78 is 0. The van der Waals surface area contributed by atoms with Gasteiger partial charge in [-0.2, -0.15) is 0 Å². The highest BCUT2D eigenvalue weighted by Gasteiger charge is 2.14. The first kappa shape index (κ1) is 6.33. The quantitative estimate of drug-likeness (QED) is 0.589. The van der Waals surface area contributed by atoms with Crippen molar-refractivity contribution in [2.24, 2.45) is 0 Å². The second-order valence-corrected chi connectivity index (χ2v) is 2.65. The van der Waals surface area contributed by atoms with Gasteiger partial charge in [0.25, 0.3) is 0 Å². The first-order valence-electron chi connectivity index (χ1n) is 3.57. The summed E-state index contributed by atoms with van der Waals surface area (Å²) in [7, 11) is 0. The van der Waals surface area contributed by atoms with Gasteiger partial charge in [-0.15, -0.1) is 5.10 Å². The lowest BCUT2D eigenvalue weighted by atomic mass is 10.3. The van der Waals surface area contributed by atoms with E-state index in [1.807, 2.05) is 0 Å². The molecule has 1 atom stereocenters. The molecule has 1 aromatic rings. The molecule has 0 aromatic carbocycles. The highest BCUT2D eigenvalue weighted by atomic mass is 15.5. The number of nitrogens with one attached hydrogen (secondary N) is 2. The molecule has 11 heavy (non-hydrogen) atoms. The van der Waals surface area contributed by atoms with E-state index in [1.54, 1.807) is 0 Å². The lowest BCUT2D eigenvalue weighted by Gasteiger charge is -2.03. The number of nitrogens with zero attached hydrogens (tertiary/aromatic N) is 3. The van der Waals surface area contributed by atoms with Gasteiger partial charge in [-0.3, -0.25) is 0 Å². The molecule has 5 nitrogen and oxygen atoms in total. The van der Waals surface area contributed by atoms with Crippen molar-refractivity contribution in [1.29, 1.82) is 0 Å². The molecule has 0 spiro atoms. The van der Waals surface area contributed by atoms with Gasteiger partial charge in [0, 0.05) is 6.04 Å². The summed E-state index contributed by atoms with van der Waals surface area (Å²) in [6.07, 6.45) is 3.13. The molecule has 0 fully saturated rings. The Hall–Kier alpha value is -1.39. The minimum absolute atomic E-state index is 0.495. The maximum Gasteiger partial charge on any atom is 0.195 e. The summed E-state index contributed by atoms with van der Waals surface area (Å²) in [6, 6.07) is 0.495. The molecule has 0 saturated carbocycles. The molecule has 1 unspecified atom stereocenters. The third-order valence-electron chi connectivity index (χ3n) is 1.68. The smallest absolute Gasteiger partial charge is 0.195 e. The van der Waals surface area contributed by atoms with Gasteiger partial charge < -0.3 is 5.32 Å². The topological polar surface area (TPSA) is 66.5 Å². The molecule has 2 N–H and O–H groups in total. The van der Waals surface area contributed by atoms with Crippen LogP contribution >= 0.6 is 0 Å². The van der Waals surface area contributed by atoms with Crippen molar-refractivity contribution in [1.82, 2.24) is 25.9 Å². The first-order valence-corrected chi connectivity index (χ1v) is 3.57. The van der Waals surface area contributed by atoms with Crippen molar-refractivity contribution in [3.05, 3.63) is 11.9 Å². The number of hydrogen-bond acceptors (Lipinski definition) is 4. The summed E-state index contributed by atoms with van der Waals surface area (Å²) in [6.45, 7) is 2.12. The molecule has 58 valence electrons. The van der Waals surface area contributed by atoms with Gasteiger partial charge in [0.1, 0.15) is 0 Å². The van der Waals surface area contributed by atoms with Gasteiger partial charge in [-0.1, -0.05) is 6.08 Å². The van der Waals surface area contributed by atoms with Crippen molar-refractivity contribution in [3.8, 4) is 0 Å². The van der Waals surface area contributed by atoms with Crippen LogP contribution in [0.2, 0.25) is 0 Å². The summed E-state index contributed by atoms with van der Waals surface area (Å²) in [4.78, 5) is 0. The van der Waals surface area contributed by atoms with Crippen LogP contribution in [0, 0.1) is 0 Å². The lowest BCUT2D eigenvalue weighted by Crippen LogP contribution is -2.18. The maximum absolute atomic E-state index is 3.79. The molecule has 1 aromatic heterocycles. The van der Waals surface area contributed by atoms with Gasteiger partial charge in [-0.05, 0) is 23.8 Å². The number of rotatable bonds is 1. The second kappa shape index (κ2) is 2.34. The fraction of sp³-hybridized carbons (Fsp3) is 0.500. The first-order chi connectivity index (χ1) is 5.36. The fourth-order valence-corrected chi connectivity index (χ4v) is 1.12. The maximum atomic E-state index is 3.79. The van der Waals surface area contributed by atoms with Gasteiger partial charge in [0.05, 0.1) is 5.70 Å². The van der Waals surface area contributed by atoms with Crippen LogP contribution < -0.4 is 5.32 Å². The van der Waals surface area contributed by atoms with Gasteiger partial charge >= 0.3 is 0 Å². The summed E-state index contributed by atoms with van der Waals surface area (Å²) in [5.74, 6) is 0.717. The Bertz CT molecular complexity index is 263. The van der Waals surface area contributed by atoms with Crippen LogP contribution in [0.15, 0.2) is 6.08 Å². The normalized spacial score (nSPS) is 23.0. The predicted molar refractivity (Wildman–Crippen MR) is 39.4 cm³/mol. The van der Waals surface area contributed by atoms with Crippen LogP contribution in [0.3, 0.4) is 0 Å². The van der Waals surface area contributed by atoms with E-state index in [4.69, 9.17) is 0 Å². The zero-order valence-corrected chi connectivity index (χ0v) is 6.20. The van der Waals surface area contributed by atoms with E-state index in [2.05, 4.69) is 38.9 Å². The number of H-pyrrole nitrogens is 1. The van der Waals surface area contributed by atoms with Crippen LogP contribution in [-0.4, -0.2) is 26.7 Å². The van der Waals surface area contributed by atoms with E-state index in [1.165, 1.54) is 0 Å². The van der Waals surface area contributed by atoms with Crippen molar-refractivity contribution < 1.29 is 0 Å². The highest BCUT2D eigenvalue weighted by molar-refractivity contribution is 5.59. The Morgan fingerprint density at radius 3 is 3.09 bits per heavy atom. The second-order valence-electron chi connectivity index (χ2n) is 2.65. The Kier molecular flexibility index (Phi) is 1.34. The Morgan fingerprint density at radius 1 is 1.64 bits per heavy atom. The van der Waals surface area contributed by atoms with Crippen molar-refractivity contribution in [3.63, 3.8) is 0 Å². The SMILES string of the molecule is CC1CC=C(c2nnn[nH]2)N1. The molecule has 0 radical (unpaired) electrons. The number of aromatic amines is 1. The zero-order valence-electron chi connectivity index (χ0n) is 6.20. The van der Waals surface area contributed by atoms with Crippen molar-refractivity contribution in [2.45, 2.75) is 19.4 Å². The zero-order chi connectivity index (χ0) is 7.68. The van der Waals surface area contributed by atoms with Crippen LogP contribution in [0.1, 0.15) is 19.2 Å². The minimum atomic E-state index is 0.495. The molecule has 0 saturated heterocycles. The van der Waals surface area contributed by atoms with E-state index in [-0.39, 0.29) is 0 Å². The van der Waals surface area contributed by atoms with E-state index < -0.39 is 0 Å². The van der Waals surface area contributed by atoms with Gasteiger partial charge in [0.15, 0.2) is 5.82 Å². The van der Waals surface area contributed by atoms with E-state index in [9.17, 15) is 0 Å². The monoisotopic (exact) mass is 151 g/mol. The summed E-state index contributed by atoms with van der Waals surface area (Å²) in [5.41, 5.74) is 1.00. The predicted octanol–water partition coefficient (Wildman–Crippen LogP) is -0.0776. The molecule has 0 bridgehead atoms. The molecular formula is C6H9N5. The molecule has 5 heteroatoms. The van der Waals surface area contributed by atoms with Crippen molar-refractivity contribution in [2.75, 3.05) is 0 Å². The number of hydrogen-bond donors (Lipinski definition) is 2. The van der Waals surface area contributed by atoms with E-state index >= 15 is 0 Å². The number of tetrazole rings is 1. The van der Waals surface area contributed by atoms with Gasteiger partial charge in [-0.25, -0.2) is 5.10 Å². The van der Waals surface area contributed by atoms with Crippen LogP contribution in [0.4, 0.5) is 0 Å². The van der Waals surface area contributed by atoms with E-state index in [0.29, 0.717) is 11.9 Å². The number of aromatic nitrogens is 4. The molecule has 1 aliphatic heterocycles. The Morgan fingerprint density at radius 2 is 2.55 bits per heavy atom. The van der Waals surface area contributed by atoms with E-state index in [0.717, 1.165) is 12.1 Å². The molecule has 2 rings (SSSR count). The average Bonchev–Trinajstić information content (AvgIpc) is 2.55. The highest BCUT2D eigenvalue weighted by Crippen LogP contribution is 2.14. The Labute approximate surface area is 63.9 Å². The van der Waals surface area contributed by atoms with Crippen LogP contribution in [0.5, 0.6) is 0 Å². The summed E-state index contributed by atoms with van der Waals surface area (Å²) in [5, 5.41) is 16.7. The largest absolute Gasteiger partial charge is 0.379 e. The molecule has 1 aliphatic rings. The third-order valence-corrected chi connectivity index (χ3v) is 1.68. The van der Waals surface area contributed by atoms with Gasteiger partial charge in [0.2, 0.25) is 0 Å². The van der Waals surface area contributed by atoms with Crippen LogP contribution in [0.25, 0.3) is 5.70 Å².